The molecule has 4 rings (SSSR count). The Labute approximate surface area is 178 Å². The molecule has 2 heterocycles. The van der Waals surface area contributed by atoms with Crippen LogP contribution in [0.2, 0.25) is 0 Å². The lowest BCUT2D eigenvalue weighted by Crippen LogP contribution is -2.48. The second kappa shape index (κ2) is 9.58. The molecule has 0 radical (unpaired) electrons. The minimum Gasteiger partial charge on any atom is -0.369 e. The molecule has 0 spiro atoms. The molecule has 2 aliphatic rings. The lowest BCUT2D eigenvalue weighted by molar-refractivity contribution is 0.0643. The molecule has 0 atom stereocenters. The first-order valence-corrected chi connectivity index (χ1v) is 11.0. The maximum absolute atomic E-state index is 13.1. The number of carbonyl (C=O) groups is 1. The maximum Gasteiger partial charge on any atom is 0.253 e. The van der Waals surface area contributed by atoms with Crippen LogP contribution in [0.4, 0.5) is 10.1 Å². The quantitative estimate of drug-likeness (QED) is 0.758. The number of hydrogen-bond donors (Lipinski definition) is 0. The highest BCUT2D eigenvalue weighted by atomic mass is 19.1. The van der Waals surface area contributed by atoms with Crippen LogP contribution in [0.3, 0.4) is 0 Å². The Hall–Kier alpha value is -2.44. The number of piperazine rings is 2. The number of nitrogens with zero attached hydrogens (tertiary/aromatic N) is 4. The molecule has 2 fully saturated rings. The van der Waals surface area contributed by atoms with Gasteiger partial charge in [-0.15, -0.1) is 0 Å². The van der Waals surface area contributed by atoms with Gasteiger partial charge in [0.2, 0.25) is 0 Å². The molecule has 2 aliphatic heterocycles. The molecular formula is C24H31FN4O. The number of halogens is 1. The summed E-state index contributed by atoms with van der Waals surface area (Å²) >= 11 is 0. The van der Waals surface area contributed by atoms with Crippen LogP contribution in [0.15, 0.2) is 48.5 Å². The van der Waals surface area contributed by atoms with Crippen LogP contribution < -0.4 is 4.90 Å². The van der Waals surface area contributed by atoms with Crippen molar-refractivity contribution in [3.8, 4) is 0 Å². The molecule has 2 aromatic rings. The van der Waals surface area contributed by atoms with E-state index < -0.39 is 0 Å². The van der Waals surface area contributed by atoms with E-state index in [1.165, 1.54) is 17.7 Å². The Bertz CT molecular complexity index is 823. The van der Waals surface area contributed by atoms with E-state index in [0.717, 1.165) is 76.7 Å². The molecule has 1 amide bonds. The molecule has 0 N–H and O–H groups in total. The van der Waals surface area contributed by atoms with Crippen molar-refractivity contribution in [3.63, 3.8) is 0 Å². The number of rotatable bonds is 5. The summed E-state index contributed by atoms with van der Waals surface area (Å²) in [5.41, 5.74) is 3.10. The lowest BCUT2D eigenvalue weighted by Gasteiger charge is -2.36. The van der Waals surface area contributed by atoms with E-state index in [9.17, 15) is 9.18 Å². The van der Waals surface area contributed by atoms with E-state index >= 15 is 0 Å². The van der Waals surface area contributed by atoms with Gasteiger partial charge in [-0.1, -0.05) is 19.1 Å². The topological polar surface area (TPSA) is 30.0 Å². The van der Waals surface area contributed by atoms with Crippen LogP contribution in [-0.2, 0) is 6.54 Å². The maximum atomic E-state index is 13.1. The minimum absolute atomic E-state index is 0.144. The highest BCUT2D eigenvalue weighted by molar-refractivity contribution is 5.94. The Balaban J connectivity index is 1.27. The molecule has 0 bridgehead atoms. The minimum atomic E-state index is -0.192. The summed E-state index contributed by atoms with van der Waals surface area (Å²) in [6, 6.07) is 14.9. The molecule has 30 heavy (non-hydrogen) atoms. The van der Waals surface area contributed by atoms with Crippen molar-refractivity contribution in [2.45, 2.75) is 13.5 Å². The second-order valence-electron chi connectivity index (χ2n) is 8.16. The zero-order valence-electron chi connectivity index (χ0n) is 17.8. The molecule has 0 saturated carbocycles. The smallest absolute Gasteiger partial charge is 0.253 e. The Morgan fingerprint density at radius 3 is 2.00 bits per heavy atom. The van der Waals surface area contributed by atoms with Gasteiger partial charge in [0.1, 0.15) is 5.82 Å². The predicted molar refractivity (Wildman–Crippen MR) is 118 cm³/mol. The molecule has 0 aliphatic carbocycles. The number of likely N-dealkylation sites (N-methyl/N-ethyl adjacent to an activating group) is 1. The van der Waals surface area contributed by atoms with Gasteiger partial charge >= 0.3 is 0 Å². The molecule has 0 unspecified atom stereocenters. The van der Waals surface area contributed by atoms with Crippen molar-refractivity contribution >= 4 is 11.6 Å². The number of hydrogen-bond acceptors (Lipinski definition) is 4. The SMILES string of the molecule is CCN1CCN(C(=O)c2ccc(CN3CCN(c4ccc(F)cc4)CC3)cc2)CC1. The highest BCUT2D eigenvalue weighted by Gasteiger charge is 2.22. The zero-order chi connectivity index (χ0) is 20.9. The molecule has 6 heteroatoms. The summed E-state index contributed by atoms with van der Waals surface area (Å²) in [7, 11) is 0. The summed E-state index contributed by atoms with van der Waals surface area (Å²) in [5, 5.41) is 0. The zero-order valence-corrected chi connectivity index (χ0v) is 17.8. The average Bonchev–Trinajstić information content (AvgIpc) is 2.80. The van der Waals surface area contributed by atoms with Gasteiger partial charge in [-0.25, -0.2) is 4.39 Å². The average molecular weight is 411 g/mol. The molecule has 5 nitrogen and oxygen atoms in total. The van der Waals surface area contributed by atoms with Crippen LogP contribution in [0.25, 0.3) is 0 Å². The largest absolute Gasteiger partial charge is 0.369 e. The fraction of sp³-hybridized carbons (Fsp3) is 0.458. The predicted octanol–water partition coefficient (Wildman–Crippen LogP) is 2.93. The van der Waals surface area contributed by atoms with Gasteiger partial charge in [-0.05, 0) is 48.5 Å². The summed E-state index contributed by atoms with van der Waals surface area (Å²) in [6.45, 7) is 11.5. The van der Waals surface area contributed by atoms with E-state index in [-0.39, 0.29) is 11.7 Å². The molecule has 2 aromatic carbocycles. The van der Waals surface area contributed by atoms with Crippen molar-refractivity contribution in [3.05, 3.63) is 65.5 Å². The van der Waals surface area contributed by atoms with E-state index in [4.69, 9.17) is 0 Å². The third-order valence-electron chi connectivity index (χ3n) is 6.28. The fourth-order valence-corrected chi connectivity index (χ4v) is 4.28. The van der Waals surface area contributed by atoms with Gasteiger partial charge in [0, 0.05) is 70.2 Å². The van der Waals surface area contributed by atoms with E-state index in [0.29, 0.717) is 0 Å². The first-order chi connectivity index (χ1) is 14.6. The van der Waals surface area contributed by atoms with Gasteiger partial charge in [0.25, 0.3) is 5.91 Å². The molecular weight excluding hydrogens is 379 g/mol. The fourth-order valence-electron chi connectivity index (χ4n) is 4.28. The normalized spacial score (nSPS) is 18.6. The summed E-state index contributed by atoms with van der Waals surface area (Å²) in [5.74, 6) is -0.0484. The first-order valence-electron chi connectivity index (χ1n) is 11.0. The Morgan fingerprint density at radius 1 is 0.800 bits per heavy atom. The van der Waals surface area contributed by atoms with Crippen molar-refractivity contribution in [1.29, 1.82) is 0 Å². The van der Waals surface area contributed by atoms with Gasteiger partial charge in [-0.3, -0.25) is 9.69 Å². The molecule has 0 aromatic heterocycles. The number of carbonyl (C=O) groups excluding carboxylic acids is 1. The molecule has 160 valence electrons. The summed E-state index contributed by atoms with van der Waals surface area (Å²) in [6.07, 6.45) is 0. The number of anilines is 1. The Kier molecular flexibility index (Phi) is 6.65. The van der Waals surface area contributed by atoms with Crippen LogP contribution in [-0.4, -0.2) is 79.5 Å². The Morgan fingerprint density at radius 2 is 1.40 bits per heavy atom. The monoisotopic (exact) mass is 410 g/mol. The third kappa shape index (κ3) is 4.99. The van der Waals surface area contributed by atoms with Crippen molar-refractivity contribution in [1.82, 2.24) is 14.7 Å². The lowest BCUT2D eigenvalue weighted by atomic mass is 10.1. The van der Waals surface area contributed by atoms with Crippen LogP contribution in [0, 0.1) is 5.82 Å². The number of amides is 1. The summed E-state index contributed by atoms with van der Waals surface area (Å²) < 4.78 is 13.1. The van der Waals surface area contributed by atoms with Gasteiger partial charge in [0.05, 0.1) is 0 Å². The number of benzene rings is 2. The standard InChI is InChI=1S/C24H31FN4O/c1-2-26-11-17-29(18-12-26)24(30)21-5-3-20(4-6-21)19-27-13-15-28(16-14-27)23-9-7-22(25)8-10-23/h3-10H,2,11-19H2,1H3. The van der Waals surface area contributed by atoms with Gasteiger partial charge < -0.3 is 14.7 Å². The van der Waals surface area contributed by atoms with Crippen LogP contribution in [0.1, 0.15) is 22.8 Å². The van der Waals surface area contributed by atoms with Crippen LogP contribution in [0.5, 0.6) is 0 Å². The van der Waals surface area contributed by atoms with Crippen LogP contribution >= 0.6 is 0 Å². The first kappa shape index (κ1) is 20.8. The summed E-state index contributed by atoms with van der Waals surface area (Å²) in [4.78, 5) is 21.8. The second-order valence-corrected chi connectivity index (χ2v) is 8.16. The highest BCUT2D eigenvalue weighted by Crippen LogP contribution is 2.18. The van der Waals surface area contributed by atoms with E-state index in [2.05, 4.69) is 33.8 Å². The van der Waals surface area contributed by atoms with E-state index in [1.807, 2.05) is 29.2 Å². The van der Waals surface area contributed by atoms with Gasteiger partial charge in [-0.2, -0.15) is 0 Å². The van der Waals surface area contributed by atoms with Crippen molar-refractivity contribution < 1.29 is 9.18 Å². The van der Waals surface area contributed by atoms with E-state index in [1.54, 1.807) is 0 Å². The van der Waals surface area contributed by atoms with Crippen molar-refractivity contribution in [2.24, 2.45) is 0 Å². The van der Waals surface area contributed by atoms with Crippen molar-refractivity contribution in [2.75, 3.05) is 63.8 Å². The molecule has 2 saturated heterocycles. The third-order valence-corrected chi connectivity index (χ3v) is 6.28. The van der Waals surface area contributed by atoms with Gasteiger partial charge in [0.15, 0.2) is 0 Å².